The quantitative estimate of drug-likeness (QED) is 0.743. The first kappa shape index (κ1) is 10.9. The molecule has 0 radical (unpaired) electrons. The van der Waals surface area contributed by atoms with E-state index in [1.54, 1.807) is 11.3 Å². The SMILES string of the molecule is CC1OCCC1C(Cl)c1sccc1Br. The number of alkyl halides is 1. The Balaban J connectivity index is 2.15. The van der Waals surface area contributed by atoms with E-state index in [4.69, 9.17) is 16.3 Å². The Kier molecular flexibility index (Phi) is 3.53. The molecule has 1 aliphatic heterocycles. The van der Waals surface area contributed by atoms with Crippen LogP contribution in [0.5, 0.6) is 0 Å². The molecule has 3 unspecified atom stereocenters. The molecule has 0 aliphatic carbocycles. The highest BCUT2D eigenvalue weighted by molar-refractivity contribution is 9.10. The van der Waals surface area contributed by atoms with Gasteiger partial charge in [0, 0.05) is 21.9 Å². The Hall–Kier alpha value is 0.430. The van der Waals surface area contributed by atoms with Crippen molar-refractivity contribution in [1.29, 1.82) is 0 Å². The fourth-order valence-corrected chi connectivity index (χ4v) is 4.23. The van der Waals surface area contributed by atoms with E-state index < -0.39 is 0 Å². The molecule has 3 atom stereocenters. The van der Waals surface area contributed by atoms with Crippen LogP contribution < -0.4 is 0 Å². The van der Waals surface area contributed by atoms with E-state index in [9.17, 15) is 0 Å². The van der Waals surface area contributed by atoms with Crippen LogP contribution >= 0.6 is 38.9 Å². The lowest BCUT2D eigenvalue weighted by molar-refractivity contribution is 0.105. The van der Waals surface area contributed by atoms with E-state index in [-0.39, 0.29) is 11.5 Å². The maximum absolute atomic E-state index is 6.45. The van der Waals surface area contributed by atoms with Gasteiger partial charge in [-0.25, -0.2) is 0 Å². The van der Waals surface area contributed by atoms with Gasteiger partial charge in [0.2, 0.25) is 0 Å². The highest BCUT2D eigenvalue weighted by atomic mass is 79.9. The van der Waals surface area contributed by atoms with Gasteiger partial charge in [0.15, 0.2) is 0 Å². The molecule has 0 spiro atoms. The first-order chi connectivity index (χ1) is 6.70. The zero-order valence-corrected chi connectivity index (χ0v) is 11.0. The predicted molar refractivity (Wildman–Crippen MR) is 64.1 cm³/mol. The minimum atomic E-state index is 0.0851. The Morgan fingerprint density at radius 1 is 1.71 bits per heavy atom. The number of rotatable bonds is 2. The number of hydrogen-bond acceptors (Lipinski definition) is 2. The molecular formula is C10H12BrClOS. The molecule has 0 N–H and O–H groups in total. The molecule has 1 fully saturated rings. The summed E-state index contributed by atoms with van der Waals surface area (Å²) in [4.78, 5) is 1.23. The zero-order valence-electron chi connectivity index (χ0n) is 7.87. The summed E-state index contributed by atoms with van der Waals surface area (Å²) in [5.41, 5.74) is 0. The molecule has 0 saturated carbocycles. The van der Waals surface area contributed by atoms with E-state index in [0.29, 0.717) is 5.92 Å². The molecule has 1 nitrogen and oxygen atoms in total. The fraction of sp³-hybridized carbons (Fsp3) is 0.600. The summed E-state index contributed by atoms with van der Waals surface area (Å²) in [5.74, 6) is 0.451. The molecule has 1 aliphatic rings. The van der Waals surface area contributed by atoms with E-state index in [2.05, 4.69) is 34.3 Å². The second kappa shape index (κ2) is 4.52. The van der Waals surface area contributed by atoms with Gasteiger partial charge in [-0.2, -0.15) is 0 Å². The van der Waals surface area contributed by atoms with Crippen molar-refractivity contribution in [2.75, 3.05) is 6.61 Å². The maximum Gasteiger partial charge on any atom is 0.0743 e. The monoisotopic (exact) mass is 294 g/mol. The average molecular weight is 296 g/mol. The molecule has 2 rings (SSSR count). The summed E-state index contributed by atoms with van der Waals surface area (Å²) in [6.07, 6.45) is 1.35. The second-order valence-corrected chi connectivity index (χ2v) is 5.84. The first-order valence-electron chi connectivity index (χ1n) is 4.68. The number of hydrogen-bond donors (Lipinski definition) is 0. The van der Waals surface area contributed by atoms with Crippen molar-refractivity contribution < 1.29 is 4.74 Å². The summed E-state index contributed by atoms with van der Waals surface area (Å²) < 4.78 is 6.66. The largest absolute Gasteiger partial charge is 0.378 e. The summed E-state index contributed by atoms with van der Waals surface area (Å²) in [6, 6.07) is 2.05. The molecule has 0 aromatic carbocycles. The molecular weight excluding hydrogens is 284 g/mol. The minimum Gasteiger partial charge on any atom is -0.378 e. The predicted octanol–water partition coefficient (Wildman–Crippen LogP) is 4.22. The van der Waals surface area contributed by atoms with Crippen LogP contribution in [0, 0.1) is 5.92 Å². The van der Waals surface area contributed by atoms with Gasteiger partial charge < -0.3 is 4.74 Å². The van der Waals surface area contributed by atoms with Crippen molar-refractivity contribution in [2.45, 2.75) is 24.8 Å². The van der Waals surface area contributed by atoms with E-state index in [1.807, 2.05) is 0 Å². The third-order valence-corrected chi connectivity index (χ3v) is 5.33. The Morgan fingerprint density at radius 3 is 3.00 bits per heavy atom. The van der Waals surface area contributed by atoms with E-state index in [0.717, 1.165) is 17.5 Å². The van der Waals surface area contributed by atoms with Crippen LogP contribution in [0.25, 0.3) is 0 Å². The van der Waals surface area contributed by atoms with Crippen molar-refractivity contribution in [1.82, 2.24) is 0 Å². The van der Waals surface area contributed by atoms with E-state index in [1.165, 1.54) is 4.88 Å². The third-order valence-electron chi connectivity index (χ3n) is 2.71. The number of ether oxygens (including phenoxy) is 1. The van der Waals surface area contributed by atoms with Crippen molar-refractivity contribution in [2.24, 2.45) is 5.92 Å². The van der Waals surface area contributed by atoms with Gasteiger partial charge >= 0.3 is 0 Å². The molecule has 0 amide bonds. The van der Waals surface area contributed by atoms with Crippen LogP contribution in [0.2, 0.25) is 0 Å². The summed E-state index contributed by atoms with van der Waals surface area (Å²) in [7, 11) is 0. The molecule has 1 aromatic heterocycles. The van der Waals surface area contributed by atoms with Crippen LogP contribution in [0.3, 0.4) is 0 Å². The smallest absolute Gasteiger partial charge is 0.0743 e. The van der Waals surface area contributed by atoms with E-state index >= 15 is 0 Å². The van der Waals surface area contributed by atoms with Gasteiger partial charge in [0.05, 0.1) is 11.5 Å². The highest BCUT2D eigenvalue weighted by Crippen LogP contribution is 2.42. The Labute approximate surface area is 102 Å². The van der Waals surface area contributed by atoms with Crippen LogP contribution in [0.1, 0.15) is 23.6 Å². The molecule has 78 valence electrons. The molecule has 4 heteroatoms. The third kappa shape index (κ3) is 2.01. The molecule has 2 heterocycles. The lowest BCUT2D eigenvalue weighted by atomic mass is 9.97. The van der Waals surface area contributed by atoms with Gasteiger partial charge in [-0.1, -0.05) is 0 Å². The van der Waals surface area contributed by atoms with Gasteiger partial charge in [0.25, 0.3) is 0 Å². The van der Waals surface area contributed by atoms with Gasteiger partial charge in [-0.3, -0.25) is 0 Å². The van der Waals surface area contributed by atoms with Gasteiger partial charge in [-0.15, -0.1) is 22.9 Å². The van der Waals surface area contributed by atoms with Crippen LogP contribution in [-0.4, -0.2) is 12.7 Å². The maximum atomic E-state index is 6.45. The summed E-state index contributed by atoms with van der Waals surface area (Å²) >= 11 is 11.7. The van der Waals surface area contributed by atoms with Crippen molar-refractivity contribution in [3.8, 4) is 0 Å². The first-order valence-corrected chi connectivity index (χ1v) is 6.79. The highest BCUT2D eigenvalue weighted by Gasteiger charge is 2.32. The zero-order chi connectivity index (χ0) is 10.1. The topological polar surface area (TPSA) is 9.23 Å². The molecule has 14 heavy (non-hydrogen) atoms. The average Bonchev–Trinajstić information content (AvgIpc) is 2.73. The fourth-order valence-electron chi connectivity index (χ4n) is 1.83. The molecule has 0 bridgehead atoms. The lowest BCUT2D eigenvalue weighted by Gasteiger charge is -2.19. The Bertz CT molecular complexity index is 315. The Morgan fingerprint density at radius 2 is 2.50 bits per heavy atom. The van der Waals surface area contributed by atoms with Crippen LogP contribution in [0.4, 0.5) is 0 Å². The van der Waals surface area contributed by atoms with Crippen molar-refractivity contribution in [3.63, 3.8) is 0 Å². The number of halogens is 2. The van der Waals surface area contributed by atoms with Crippen LogP contribution in [-0.2, 0) is 4.74 Å². The van der Waals surface area contributed by atoms with Gasteiger partial charge in [-0.05, 0) is 40.7 Å². The number of thiophene rings is 1. The summed E-state index contributed by atoms with van der Waals surface area (Å²) in [5, 5.41) is 2.15. The summed E-state index contributed by atoms with van der Waals surface area (Å²) in [6.45, 7) is 2.95. The van der Waals surface area contributed by atoms with Gasteiger partial charge in [0.1, 0.15) is 0 Å². The lowest BCUT2D eigenvalue weighted by Crippen LogP contribution is -2.15. The normalized spacial score (nSPS) is 29.4. The second-order valence-electron chi connectivity index (χ2n) is 3.56. The molecule has 1 aromatic rings. The van der Waals surface area contributed by atoms with Crippen molar-refractivity contribution in [3.05, 3.63) is 20.8 Å². The minimum absolute atomic E-state index is 0.0851. The molecule has 1 saturated heterocycles. The standard InChI is InChI=1S/C10H12BrClOS/c1-6-7(2-4-13-6)9(12)10-8(11)3-5-14-10/h3,5-7,9H,2,4H2,1H3. The van der Waals surface area contributed by atoms with Crippen molar-refractivity contribution >= 4 is 38.9 Å². The van der Waals surface area contributed by atoms with Crippen LogP contribution in [0.15, 0.2) is 15.9 Å².